The van der Waals surface area contributed by atoms with Gasteiger partial charge >= 0.3 is 5.97 Å². The summed E-state index contributed by atoms with van der Waals surface area (Å²) < 4.78 is 6.16. The molecule has 0 saturated carbocycles. The summed E-state index contributed by atoms with van der Waals surface area (Å²) in [6, 6.07) is 17.4. The van der Waals surface area contributed by atoms with Gasteiger partial charge in [0.05, 0.1) is 27.7 Å². The Morgan fingerprint density at radius 2 is 1.85 bits per heavy atom. The molecule has 0 fully saturated rings. The number of nitrogens with zero attached hydrogens (tertiary/aromatic N) is 1. The first kappa shape index (κ1) is 18.1. The third-order valence-corrected chi connectivity index (χ3v) is 5.02. The van der Waals surface area contributed by atoms with Gasteiger partial charge in [0.1, 0.15) is 0 Å². The molecule has 0 aliphatic carbocycles. The number of carbonyl (C=O) groups is 2. The van der Waals surface area contributed by atoms with Crippen molar-refractivity contribution in [3.8, 4) is 0 Å². The molecule has 1 atom stereocenters. The number of aryl methyl sites for hydroxylation is 1. The predicted molar refractivity (Wildman–Crippen MR) is 102 cm³/mol. The maximum Gasteiger partial charge on any atom is 0.306 e. The number of benzene rings is 2. The number of nitrogens with one attached hydrogen (secondary N) is 1. The fourth-order valence-electron chi connectivity index (χ4n) is 2.56. The maximum absolute atomic E-state index is 11.9. The molecule has 0 aliphatic heterocycles. The van der Waals surface area contributed by atoms with Crippen molar-refractivity contribution in [3.63, 3.8) is 0 Å². The monoisotopic (exact) mass is 368 g/mol. The summed E-state index contributed by atoms with van der Waals surface area (Å²) in [7, 11) is 0. The van der Waals surface area contributed by atoms with Crippen LogP contribution >= 0.6 is 11.3 Å². The van der Waals surface area contributed by atoms with Gasteiger partial charge in [-0.25, -0.2) is 4.98 Å². The van der Waals surface area contributed by atoms with Gasteiger partial charge in [0.15, 0.2) is 6.61 Å². The van der Waals surface area contributed by atoms with Crippen LogP contribution in [0.15, 0.2) is 54.6 Å². The normalized spacial score (nSPS) is 11.9. The molecule has 3 aromatic rings. The predicted octanol–water partition coefficient (Wildman–Crippen LogP) is 3.65. The van der Waals surface area contributed by atoms with E-state index in [0.717, 1.165) is 20.8 Å². The molecule has 1 N–H and O–H groups in total. The number of carbonyl (C=O) groups excluding carboxylic acids is 2. The number of thiazole rings is 1. The Labute approximate surface area is 156 Å². The van der Waals surface area contributed by atoms with E-state index in [2.05, 4.69) is 10.3 Å². The van der Waals surface area contributed by atoms with Crippen LogP contribution in [0, 0.1) is 0 Å². The van der Waals surface area contributed by atoms with Gasteiger partial charge in [-0.2, -0.15) is 0 Å². The highest BCUT2D eigenvalue weighted by atomic mass is 32.1. The molecular weight excluding hydrogens is 348 g/mol. The molecule has 1 unspecified atom stereocenters. The van der Waals surface area contributed by atoms with Crippen molar-refractivity contribution in [2.75, 3.05) is 6.61 Å². The quantitative estimate of drug-likeness (QED) is 0.647. The Hall–Kier alpha value is -2.73. The molecule has 1 amide bonds. The molecule has 0 spiro atoms. The first-order valence-electron chi connectivity index (χ1n) is 8.46. The second kappa shape index (κ2) is 8.58. The molecule has 5 nitrogen and oxygen atoms in total. The average Bonchev–Trinajstić information content (AvgIpc) is 3.08. The fraction of sp³-hybridized carbons (Fsp3) is 0.250. The number of hydrogen-bond donors (Lipinski definition) is 1. The number of aromatic nitrogens is 1. The summed E-state index contributed by atoms with van der Waals surface area (Å²) in [6.45, 7) is 1.62. The molecule has 1 aromatic heterocycles. The van der Waals surface area contributed by atoms with Gasteiger partial charge in [0.2, 0.25) is 0 Å². The van der Waals surface area contributed by atoms with Crippen molar-refractivity contribution in [1.29, 1.82) is 0 Å². The zero-order valence-electron chi connectivity index (χ0n) is 14.5. The van der Waals surface area contributed by atoms with Crippen LogP contribution in [0.3, 0.4) is 0 Å². The van der Waals surface area contributed by atoms with Crippen LogP contribution in [-0.2, 0) is 20.7 Å². The van der Waals surface area contributed by atoms with E-state index in [1.807, 2.05) is 61.5 Å². The Morgan fingerprint density at radius 3 is 2.62 bits per heavy atom. The van der Waals surface area contributed by atoms with E-state index in [0.29, 0.717) is 6.42 Å². The molecule has 6 heteroatoms. The standard InChI is InChI=1S/C20H20N2O3S/c1-14(15-7-3-2-4-8-15)21-18(23)13-25-20(24)12-11-19-22-16-9-5-6-10-17(16)26-19/h2-10,14H,11-13H2,1H3,(H,21,23). The van der Waals surface area contributed by atoms with Gasteiger partial charge in [-0.15, -0.1) is 11.3 Å². The van der Waals surface area contributed by atoms with Gasteiger partial charge in [0, 0.05) is 6.42 Å². The van der Waals surface area contributed by atoms with Crippen LogP contribution in [0.5, 0.6) is 0 Å². The second-order valence-electron chi connectivity index (χ2n) is 5.94. The highest BCUT2D eigenvalue weighted by Crippen LogP contribution is 2.22. The summed E-state index contributed by atoms with van der Waals surface area (Å²) in [5.41, 5.74) is 1.94. The minimum Gasteiger partial charge on any atom is -0.456 e. The number of amides is 1. The van der Waals surface area contributed by atoms with Crippen molar-refractivity contribution in [2.24, 2.45) is 0 Å². The Morgan fingerprint density at radius 1 is 1.12 bits per heavy atom. The zero-order valence-corrected chi connectivity index (χ0v) is 15.3. The first-order valence-corrected chi connectivity index (χ1v) is 9.28. The van der Waals surface area contributed by atoms with Crippen LogP contribution in [0.2, 0.25) is 0 Å². The molecule has 0 radical (unpaired) electrons. The highest BCUT2D eigenvalue weighted by Gasteiger charge is 2.12. The zero-order chi connectivity index (χ0) is 18.4. The SMILES string of the molecule is CC(NC(=O)COC(=O)CCc1nc2ccccc2s1)c1ccccc1. The summed E-state index contributed by atoms with van der Waals surface area (Å²) in [5, 5.41) is 3.71. The average molecular weight is 368 g/mol. The van der Waals surface area contributed by atoms with Gasteiger partial charge in [0.25, 0.3) is 5.91 Å². The van der Waals surface area contributed by atoms with E-state index < -0.39 is 5.97 Å². The van der Waals surface area contributed by atoms with Crippen molar-refractivity contribution in [1.82, 2.24) is 10.3 Å². The van der Waals surface area contributed by atoms with Crippen LogP contribution < -0.4 is 5.32 Å². The number of ether oxygens (including phenoxy) is 1. The van der Waals surface area contributed by atoms with Crippen LogP contribution in [0.25, 0.3) is 10.2 Å². The lowest BCUT2D eigenvalue weighted by atomic mass is 10.1. The van der Waals surface area contributed by atoms with Crippen LogP contribution in [-0.4, -0.2) is 23.5 Å². The van der Waals surface area contributed by atoms with Crippen molar-refractivity contribution in [2.45, 2.75) is 25.8 Å². The lowest BCUT2D eigenvalue weighted by Gasteiger charge is -2.14. The smallest absolute Gasteiger partial charge is 0.306 e. The maximum atomic E-state index is 11.9. The van der Waals surface area contributed by atoms with Gasteiger partial charge in [-0.3, -0.25) is 9.59 Å². The number of para-hydroxylation sites is 1. The Bertz CT molecular complexity index is 859. The summed E-state index contributed by atoms with van der Waals surface area (Å²) in [6.07, 6.45) is 0.724. The molecule has 134 valence electrons. The number of esters is 1. The molecule has 1 heterocycles. The molecule has 26 heavy (non-hydrogen) atoms. The fourth-order valence-corrected chi connectivity index (χ4v) is 3.53. The van der Waals surface area contributed by atoms with Crippen molar-refractivity contribution >= 4 is 33.4 Å². The number of fused-ring (bicyclic) bond motifs is 1. The summed E-state index contributed by atoms with van der Waals surface area (Å²) in [4.78, 5) is 28.3. The molecule has 2 aromatic carbocycles. The Kier molecular flexibility index (Phi) is 5.96. The molecule has 0 bridgehead atoms. The van der Waals surface area contributed by atoms with E-state index in [9.17, 15) is 9.59 Å². The van der Waals surface area contributed by atoms with E-state index in [1.54, 1.807) is 11.3 Å². The van der Waals surface area contributed by atoms with Gasteiger partial charge in [-0.05, 0) is 24.6 Å². The van der Waals surface area contributed by atoms with E-state index in [-0.39, 0.29) is 25.0 Å². The summed E-state index contributed by atoms with van der Waals surface area (Å²) in [5.74, 6) is -0.707. The van der Waals surface area contributed by atoms with Crippen LogP contribution in [0.1, 0.15) is 30.0 Å². The van der Waals surface area contributed by atoms with Crippen molar-refractivity contribution < 1.29 is 14.3 Å². The van der Waals surface area contributed by atoms with E-state index >= 15 is 0 Å². The molecule has 3 rings (SSSR count). The number of rotatable bonds is 7. The lowest BCUT2D eigenvalue weighted by molar-refractivity contribution is -0.148. The molecule has 0 saturated heterocycles. The minimum absolute atomic E-state index is 0.134. The van der Waals surface area contributed by atoms with Gasteiger partial charge < -0.3 is 10.1 Å². The number of hydrogen-bond acceptors (Lipinski definition) is 5. The topological polar surface area (TPSA) is 68.3 Å². The third kappa shape index (κ3) is 4.89. The summed E-state index contributed by atoms with van der Waals surface area (Å²) >= 11 is 1.57. The van der Waals surface area contributed by atoms with Crippen LogP contribution in [0.4, 0.5) is 0 Å². The first-order chi connectivity index (χ1) is 12.6. The lowest BCUT2D eigenvalue weighted by Crippen LogP contribution is -2.31. The second-order valence-corrected chi connectivity index (χ2v) is 7.05. The highest BCUT2D eigenvalue weighted by molar-refractivity contribution is 7.18. The minimum atomic E-state index is -0.397. The Balaban J connectivity index is 1.41. The van der Waals surface area contributed by atoms with E-state index in [4.69, 9.17) is 4.74 Å². The molecular formula is C20H20N2O3S. The van der Waals surface area contributed by atoms with Gasteiger partial charge in [-0.1, -0.05) is 42.5 Å². The van der Waals surface area contributed by atoms with E-state index in [1.165, 1.54) is 0 Å². The third-order valence-electron chi connectivity index (χ3n) is 3.92. The molecule has 0 aliphatic rings. The van der Waals surface area contributed by atoms with Crippen molar-refractivity contribution in [3.05, 3.63) is 65.2 Å². The largest absolute Gasteiger partial charge is 0.456 e.